The van der Waals surface area contributed by atoms with Crippen LogP contribution in [0.2, 0.25) is 0 Å². The third-order valence-corrected chi connectivity index (χ3v) is 7.35. The summed E-state index contributed by atoms with van der Waals surface area (Å²) in [6.07, 6.45) is 5.67. The SMILES string of the molecule is O=C(CCc1ccno1)N1C[C@@H]2C[C@H](C1)[C@H](C(=O)N1CCOCC1)N1C(=O)CCC[C@@H]21. The maximum atomic E-state index is 13.6. The van der Waals surface area contributed by atoms with Crippen molar-refractivity contribution in [3.05, 3.63) is 18.0 Å². The number of rotatable bonds is 4. The second-order valence-corrected chi connectivity index (χ2v) is 9.18. The van der Waals surface area contributed by atoms with Crippen molar-refractivity contribution in [1.82, 2.24) is 19.9 Å². The molecule has 1 aromatic rings. The fraction of sp³-hybridized carbons (Fsp3) is 0.727. The van der Waals surface area contributed by atoms with E-state index in [9.17, 15) is 14.4 Å². The summed E-state index contributed by atoms with van der Waals surface area (Å²) in [4.78, 5) is 45.2. The van der Waals surface area contributed by atoms with Crippen molar-refractivity contribution in [2.75, 3.05) is 39.4 Å². The largest absolute Gasteiger partial charge is 0.378 e. The van der Waals surface area contributed by atoms with Crippen LogP contribution >= 0.6 is 0 Å². The fourth-order valence-electron chi connectivity index (χ4n) is 5.91. The zero-order valence-corrected chi connectivity index (χ0v) is 17.8. The molecular weight excluding hydrogens is 400 g/mol. The Balaban J connectivity index is 1.35. The molecule has 4 atom stereocenters. The molecule has 9 nitrogen and oxygen atoms in total. The van der Waals surface area contributed by atoms with Gasteiger partial charge in [-0.05, 0) is 25.2 Å². The molecule has 0 aliphatic carbocycles. The molecule has 4 aliphatic rings. The molecule has 4 aliphatic heterocycles. The van der Waals surface area contributed by atoms with Crippen LogP contribution in [0.25, 0.3) is 0 Å². The number of fused-ring (bicyclic) bond motifs is 4. The van der Waals surface area contributed by atoms with Crippen molar-refractivity contribution >= 4 is 17.7 Å². The van der Waals surface area contributed by atoms with Gasteiger partial charge < -0.3 is 24.0 Å². The first kappa shape index (κ1) is 20.5. The molecule has 4 fully saturated rings. The Morgan fingerprint density at radius 2 is 1.94 bits per heavy atom. The number of nitrogens with zero attached hydrogens (tertiary/aromatic N) is 4. The molecule has 1 aromatic heterocycles. The van der Waals surface area contributed by atoms with Gasteiger partial charge in [0.1, 0.15) is 11.8 Å². The molecule has 0 aromatic carbocycles. The van der Waals surface area contributed by atoms with Gasteiger partial charge in [0.05, 0.1) is 19.4 Å². The van der Waals surface area contributed by atoms with Crippen molar-refractivity contribution in [2.45, 2.75) is 50.6 Å². The van der Waals surface area contributed by atoms with Gasteiger partial charge in [-0.15, -0.1) is 0 Å². The second kappa shape index (κ2) is 8.61. The highest BCUT2D eigenvalue weighted by Crippen LogP contribution is 2.42. The van der Waals surface area contributed by atoms with Crippen LogP contribution < -0.4 is 0 Å². The summed E-state index contributed by atoms with van der Waals surface area (Å²) in [6, 6.07) is 1.37. The van der Waals surface area contributed by atoms with Crippen molar-refractivity contribution in [3.63, 3.8) is 0 Å². The van der Waals surface area contributed by atoms with Gasteiger partial charge in [0.2, 0.25) is 17.7 Å². The molecule has 3 amide bonds. The van der Waals surface area contributed by atoms with E-state index in [0.29, 0.717) is 64.4 Å². The van der Waals surface area contributed by atoms with E-state index in [1.807, 2.05) is 14.7 Å². The van der Waals surface area contributed by atoms with Gasteiger partial charge in [-0.2, -0.15) is 0 Å². The van der Waals surface area contributed by atoms with E-state index in [2.05, 4.69) is 5.16 Å². The van der Waals surface area contributed by atoms with E-state index in [-0.39, 0.29) is 35.6 Å². The third kappa shape index (κ3) is 3.95. The van der Waals surface area contributed by atoms with Crippen molar-refractivity contribution in [1.29, 1.82) is 0 Å². The third-order valence-electron chi connectivity index (χ3n) is 7.35. The Bertz CT molecular complexity index is 822. The first-order valence-electron chi connectivity index (χ1n) is 11.5. The molecule has 5 rings (SSSR count). The summed E-state index contributed by atoms with van der Waals surface area (Å²) < 4.78 is 10.5. The maximum Gasteiger partial charge on any atom is 0.245 e. The highest BCUT2D eigenvalue weighted by Gasteiger charge is 2.53. The predicted octanol–water partition coefficient (Wildman–Crippen LogP) is 0.694. The molecule has 0 unspecified atom stereocenters. The number of carbonyl (C=O) groups is 3. The molecule has 31 heavy (non-hydrogen) atoms. The van der Waals surface area contributed by atoms with E-state index in [1.165, 1.54) is 0 Å². The number of ether oxygens (including phenoxy) is 1. The van der Waals surface area contributed by atoms with Crippen molar-refractivity contribution in [2.24, 2.45) is 11.8 Å². The van der Waals surface area contributed by atoms with Crippen molar-refractivity contribution in [3.8, 4) is 0 Å². The van der Waals surface area contributed by atoms with E-state index in [4.69, 9.17) is 9.26 Å². The van der Waals surface area contributed by atoms with Crippen LogP contribution in [-0.4, -0.2) is 89.1 Å². The Morgan fingerprint density at radius 3 is 2.71 bits per heavy atom. The van der Waals surface area contributed by atoms with Gasteiger partial charge >= 0.3 is 0 Å². The highest BCUT2D eigenvalue weighted by atomic mass is 16.5. The van der Waals surface area contributed by atoms with Crippen LogP contribution in [0.15, 0.2) is 16.8 Å². The zero-order chi connectivity index (χ0) is 21.4. The lowest BCUT2D eigenvalue weighted by Crippen LogP contribution is -2.69. The fourth-order valence-corrected chi connectivity index (χ4v) is 5.91. The average Bonchev–Trinajstić information content (AvgIpc) is 3.32. The number of likely N-dealkylation sites (tertiary alicyclic amines) is 1. The average molecular weight is 431 g/mol. The summed E-state index contributed by atoms with van der Waals surface area (Å²) >= 11 is 0. The van der Waals surface area contributed by atoms with Crippen LogP contribution in [0.5, 0.6) is 0 Å². The maximum absolute atomic E-state index is 13.6. The number of carbonyl (C=O) groups excluding carboxylic acids is 3. The van der Waals surface area contributed by atoms with Crippen molar-refractivity contribution < 1.29 is 23.6 Å². The minimum atomic E-state index is -0.461. The topological polar surface area (TPSA) is 96.2 Å². The summed E-state index contributed by atoms with van der Waals surface area (Å²) in [6.45, 7) is 3.41. The molecule has 0 spiro atoms. The quantitative estimate of drug-likeness (QED) is 0.698. The van der Waals surface area contributed by atoms with Gasteiger partial charge in [0.25, 0.3) is 0 Å². The highest BCUT2D eigenvalue weighted by molar-refractivity contribution is 5.89. The Hall–Kier alpha value is -2.42. The number of amides is 3. The lowest BCUT2D eigenvalue weighted by Gasteiger charge is -2.56. The van der Waals surface area contributed by atoms with Crippen LogP contribution in [-0.2, 0) is 25.5 Å². The molecule has 168 valence electrons. The normalized spacial score (nSPS) is 30.8. The number of hydrogen-bond acceptors (Lipinski definition) is 6. The molecule has 2 bridgehead atoms. The Kier molecular flexibility index (Phi) is 5.69. The summed E-state index contributed by atoms with van der Waals surface area (Å²) in [5.74, 6) is 1.15. The number of hydrogen-bond donors (Lipinski definition) is 0. The second-order valence-electron chi connectivity index (χ2n) is 9.18. The van der Waals surface area contributed by atoms with Crippen LogP contribution in [0.3, 0.4) is 0 Å². The minimum absolute atomic E-state index is 0.0124. The summed E-state index contributed by atoms with van der Waals surface area (Å²) in [5.41, 5.74) is 0. The van der Waals surface area contributed by atoms with Crippen LogP contribution in [0.1, 0.15) is 37.9 Å². The van der Waals surface area contributed by atoms with Gasteiger partial charge in [-0.1, -0.05) is 5.16 Å². The van der Waals surface area contributed by atoms with E-state index in [1.54, 1.807) is 12.3 Å². The molecule has 9 heteroatoms. The monoisotopic (exact) mass is 430 g/mol. The van der Waals surface area contributed by atoms with Gasteiger partial charge in [0, 0.05) is 63.5 Å². The zero-order valence-electron chi connectivity index (χ0n) is 17.8. The Labute approximate surface area is 181 Å². The lowest BCUT2D eigenvalue weighted by atomic mass is 9.71. The molecule has 4 saturated heterocycles. The summed E-state index contributed by atoms with van der Waals surface area (Å²) in [7, 11) is 0. The van der Waals surface area contributed by atoms with E-state index in [0.717, 1.165) is 19.3 Å². The molecule has 5 heterocycles. The molecule has 0 radical (unpaired) electrons. The van der Waals surface area contributed by atoms with Gasteiger partial charge in [0.15, 0.2) is 0 Å². The Morgan fingerprint density at radius 1 is 1.13 bits per heavy atom. The smallest absolute Gasteiger partial charge is 0.245 e. The summed E-state index contributed by atoms with van der Waals surface area (Å²) in [5, 5.41) is 3.70. The van der Waals surface area contributed by atoms with Gasteiger partial charge in [-0.25, -0.2) is 0 Å². The minimum Gasteiger partial charge on any atom is -0.378 e. The number of piperidine rings is 3. The van der Waals surface area contributed by atoms with Crippen LogP contribution in [0, 0.1) is 11.8 Å². The number of morpholine rings is 1. The molecule has 0 N–H and O–H groups in total. The first-order chi connectivity index (χ1) is 15.1. The number of aromatic nitrogens is 1. The van der Waals surface area contributed by atoms with Gasteiger partial charge in [-0.3, -0.25) is 14.4 Å². The number of aryl methyl sites for hydroxylation is 1. The first-order valence-corrected chi connectivity index (χ1v) is 11.5. The van der Waals surface area contributed by atoms with E-state index < -0.39 is 6.04 Å². The predicted molar refractivity (Wildman–Crippen MR) is 109 cm³/mol. The molecular formula is C22H30N4O5. The standard InChI is InChI=1S/C22H30N4O5/c27-19(5-4-17-6-7-23-31-17)25-13-15-12-16(14-25)21(22(29)24-8-10-30-11-9-24)26-18(15)2-1-3-20(26)28/h6-7,15-16,18,21H,1-5,8-14H2/t15-,16+,18-,21+/m0/s1. The molecule has 0 saturated carbocycles. The van der Waals surface area contributed by atoms with E-state index >= 15 is 0 Å². The lowest BCUT2D eigenvalue weighted by molar-refractivity contribution is -0.169. The van der Waals surface area contributed by atoms with Crippen LogP contribution in [0.4, 0.5) is 0 Å².